The lowest BCUT2D eigenvalue weighted by molar-refractivity contribution is 0.0216. The molecule has 19 heavy (non-hydrogen) atoms. The summed E-state index contributed by atoms with van der Waals surface area (Å²) in [7, 11) is 0. The Balaban J connectivity index is 1.79. The predicted molar refractivity (Wildman–Crippen MR) is 71.5 cm³/mol. The Bertz CT molecular complexity index is 595. The van der Waals surface area contributed by atoms with E-state index in [0.717, 1.165) is 11.0 Å². The smallest absolute Gasteiger partial charge is 0.336 e. The second kappa shape index (κ2) is 4.89. The van der Waals surface area contributed by atoms with Crippen molar-refractivity contribution in [2.45, 2.75) is 13.0 Å². The van der Waals surface area contributed by atoms with Gasteiger partial charge in [0.1, 0.15) is 6.33 Å². The molecule has 1 unspecified atom stereocenters. The van der Waals surface area contributed by atoms with Gasteiger partial charge >= 0.3 is 6.03 Å². The number of para-hydroxylation sites is 2. The van der Waals surface area contributed by atoms with E-state index in [1.807, 2.05) is 31.2 Å². The fourth-order valence-electron chi connectivity index (χ4n) is 2.24. The maximum atomic E-state index is 12.2. The number of amides is 2. The summed E-state index contributed by atoms with van der Waals surface area (Å²) in [5.74, 6) is 0. The molecule has 2 heterocycles. The molecule has 0 bridgehead atoms. The maximum absolute atomic E-state index is 12.2. The monoisotopic (exact) mass is 260 g/mol. The number of ether oxygens (including phenoxy) is 1. The van der Waals surface area contributed by atoms with E-state index in [2.05, 4.69) is 10.4 Å². The average molecular weight is 260 g/mol. The highest BCUT2D eigenvalue weighted by molar-refractivity contribution is 5.85. The second-order valence-corrected chi connectivity index (χ2v) is 4.64. The lowest BCUT2D eigenvalue weighted by atomic mass is 10.3. The van der Waals surface area contributed by atoms with Gasteiger partial charge in [0, 0.05) is 6.54 Å². The van der Waals surface area contributed by atoms with Gasteiger partial charge in [-0.05, 0) is 19.1 Å². The molecule has 100 valence electrons. The van der Waals surface area contributed by atoms with Crippen LogP contribution in [0.2, 0.25) is 0 Å². The number of carbonyl (C=O) groups is 1. The van der Waals surface area contributed by atoms with Crippen molar-refractivity contribution in [3.05, 3.63) is 30.6 Å². The number of carbonyl (C=O) groups excluding carboxylic acids is 1. The van der Waals surface area contributed by atoms with Gasteiger partial charge in [-0.3, -0.25) is 0 Å². The largest absolute Gasteiger partial charge is 0.377 e. The fourth-order valence-corrected chi connectivity index (χ4v) is 2.24. The van der Waals surface area contributed by atoms with Crippen molar-refractivity contribution in [3.8, 4) is 0 Å². The van der Waals surface area contributed by atoms with Gasteiger partial charge in [-0.2, -0.15) is 0 Å². The van der Waals surface area contributed by atoms with E-state index in [-0.39, 0.29) is 12.1 Å². The Kier molecular flexibility index (Phi) is 3.08. The van der Waals surface area contributed by atoms with Gasteiger partial charge in [-0.1, -0.05) is 12.1 Å². The van der Waals surface area contributed by atoms with Crippen LogP contribution >= 0.6 is 0 Å². The molecule has 3 rings (SSSR count). The standard InChI is InChI=1S/C13H16N4O2/c1-10-8-19-7-6-16(10)13(18)15-17-9-14-11-4-2-3-5-12(11)17/h2-5,9-10H,6-8H2,1H3,(H,15,18). The van der Waals surface area contributed by atoms with Gasteiger partial charge in [0.25, 0.3) is 0 Å². The van der Waals surface area contributed by atoms with Gasteiger partial charge in [-0.15, -0.1) is 0 Å². The highest BCUT2D eigenvalue weighted by Crippen LogP contribution is 2.11. The van der Waals surface area contributed by atoms with Crippen molar-refractivity contribution in [1.82, 2.24) is 14.6 Å². The Morgan fingerprint density at radius 2 is 2.32 bits per heavy atom. The Hall–Kier alpha value is -2.08. The normalized spacial score (nSPS) is 19.6. The number of nitrogens with zero attached hydrogens (tertiary/aromatic N) is 3. The first kappa shape index (κ1) is 12.0. The number of hydrogen-bond acceptors (Lipinski definition) is 3. The molecule has 1 N–H and O–H groups in total. The molecule has 0 saturated carbocycles. The van der Waals surface area contributed by atoms with Crippen LogP contribution < -0.4 is 5.43 Å². The molecule has 1 aliphatic rings. The number of morpholine rings is 1. The maximum Gasteiger partial charge on any atom is 0.336 e. The molecule has 0 radical (unpaired) electrons. The first-order valence-electron chi connectivity index (χ1n) is 6.33. The summed E-state index contributed by atoms with van der Waals surface area (Å²) in [6.07, 6.45) is 1.62. The predicted octanol–water partition coefficient (Wildman–Crippen LogP) is 1.42. The first-order chi connectivity index (χ1) is 9.25. The molecule has 6 heteroatoms. The highest BCUT2D eigenvalue weighted by Gasteiger charge is 2.24. The third kappa shape index (κ3) is 2.26. The topological polar surface area (TPSA) is 59.4 Å². The van der Waals surface area contributed by atoms with E-state index in [1.165, 1.54) is 0 Å². The van der Waals surface area contributed by atoms with Crippen LogP contribution in [0.25, 0.3) is 11.0 Å². The third-order valence-electron chi connectivity index (χ3n) is 3.30. The minimum atomic E-state index is -0.126. The van der Waals surface area contributed by atoms with Gasteiger partial charge < -0.3 is 9.64 Å². The van der Waals surface area contributed by atoms with Crippen LogP contribution in [0.1, 0.15) is 6.92 Å². The number of fused-ring (bicyclic) bond motifs is 1. The van der Waals surface area contributed by atoms with E-state index in [9.17, 15) is 4.79 Å². The van der Waals surface area contributed by atoms with E-state index in [0.29, 0.717) is 19.8 Å². The molecule has 0 aliphatic carbocycles. The summed E-state index contributed by atoms with van der Waals surface area (Å²) in [5, 5.41) is 0. The van der Waals surface area contributed by atoms with Crippen LogP contribution in [-0.2, 0) is 4.74 Å². The van der Waals surface area contributed by atoms with Crippen LogP contribution in [0.4, 0.5) is 4.79 Å². The van der Waals surface area contributed by atoms with Crippen LogP contribution in [0.3, 0.4) is 0 Å². The third-order valence-corrected chi connectivity index (χ3v) is 3.30. The Morgan fingerprint density at radius 1 is 1.47 bits per heavy atom. The van der Waals surface area contributed by atoms with Gasteiger partial charge in [0.05, 0.1) is 30.3 Å². The summed E-state index contributed by atoms with van der Waals surface area (Å²) in [5.41, 5.74) is 4.60. The van der Waals surface area contributed by atoms with Crippen molar-refractivity contribution in [1.29, 1.82) is 0 Å². The molecular weight excluding hydrogens is 244 g/mol. The van der Waals surface area contributed by atoms with Crippen LogP contribution in [0, 0.1) is 0 Å². The minimum Gasteiger partial charge on any atom is -0.377 e. The molecule has 1 aromatic heterocycles. The summed E-state index contributed by atoms with van der Waals surface area (Å²) >= 11 is 0. The van der Waals surface area contributed by atoms with E-state index in [1.54, 1.807) is 15.9 Å². The number of benzene rings is 1. The number of urea groups is 1. The molecule has 1 aromatic carbocycles. The van der Waals surface area contributed by atoms with E-state index in [4.69, 9.17) is 4.74 Å². The van der Waals surface area contributed by atoms with Gasteiger partial charge in [0.15, 0.2) is 0 Å². The molecular formula is C13H16N4O2. The number of rotatable bonds is 1. The summed E-state index contributed by atoms with van der Waals surface area (Å²) in [6.45, 7) is 3.75. The van der Waals surface area contributed by atoms with Crippen molar-refractivity contribution in [2.24, 2.45) is 0 Å². The molecule has 1 atom stereocenters. The van der Waals surface area contributed by atoms with Gasteiger partial charge in [0.2, 0.25) is 0 Å². The summed E-state index contributed by atoms with van der Waals surface area (Å²) in [4.78, 5) is 18.2. The fraction of sp³-hybridized carbons (Fsp3) is 0.385. The second-order valence-electron chi connectivity index (χ2n) is 4.64. The number of hydrogen-bond donors (Lipinski definition) is 1. The molecule has 2 amide bonds. The Labute approximate surface area is 110 Å². The lowest BCUT2D eigenvalue weighted by Gasteiger charge is -2.33. The molecule has 2 aromatic rings. The summed E-state index contributed by atoms with van der Waals surface area (Å²) < 4.78 is 6.98. The van der Waals surface area contributed by atoms with Crippen molar-refractivity contribution < 1.29 is 9.53 Å². The zero-order chi connectivity index (χ0) is 13.2. The number of nitrogens with one attached hydrogen (secondary N) is 1. The van der Waals surface area contributed by atoms with Crippen LogP contribution in [0.15, 0.2) is 30.6 Å². The SMILES string of the molecule is CC1COCCN1C(=O)Nn1cnc2ccccc21. The van der Waals surface area contributed by atoms with Crippen molar-refractivity contribution >= 4 is 17.1 Å². The molecule has 6 nitrogen and oxygen atoms in total. The van der Waals surface area contributed by atoms with Crippen LogP contribution in [-0.4, -0.2) is 46.4 Å². The minimum absolute atomic E-state index is 0.0866. The van der Waals surface area contributed by atoms with Crippen molar-refractivity contribution in [2.75, 3.05) is 25.2 Å². The number of imidazole rings is 1. The van der Waals surface area contributed by atoms with E-state index >= 15 is 0 Å². The quantitative estimate of drug-likeness (QED) is 0.843. The van der Waals surface area contributed by atoms with Crippen LogP contribution in [0.5, 0.6) is 0 Å². The Morgan fingerprint density at radius 3 is 3.16 bits per heavy atom. The zero-order valence-electron chi connectivity index (χ0n) is 10.7. The van der Waals surface area contributed by atoms with Crippen molar-refractivity contribution in [3.63, 3.8) is 0 Å². The van der Waals surface area contributed by atoms with Gasteiger partial charge in [-0.25, -0.2) is 19.9 Å². The van der Waals surface area contributed by atoms with E-state index < -0.39 is 0 Å². The molecule has 1 saturated heterocycles. The zero-order valence-corrected chi connectivity index (χ0v) is 10.7. The number of aromatic nitrogens is 2. The molecule has 1 fully saturated rings. The molecule has 1 aliphatic heterocycles. The molecule has 0 spiro atoms. The summed E-state index contributed by atoms with van der Waals surface area (Å²) in [6, 6.07) is 7.64. The first-order valence-corrected chi connectivity index (χ1v) is 6.33. The highest BCUT2D eigenvalue weighted by atomic mass is 16.5. The average Bonchev–Trinajstić information content (AvgIpc) is 2.83. The lowest BCUT2D eigenvalue weighted by Crippen LogP contribution is -2.50.